The Morgan fingerprint density at radius 1 is 1.12 bits per heavy atom. The first kappa shape index (κ1) is 15.6. The Labute approximate surface area is 152 Å². The number of hydrogen-bond donors (Lipinski definition) is 3. The van der Waals surface area contributed by atoms with Gasteiger partial charge in [0.1, 0.15) is 5.82 Å². The van der Waals surface area contributed by atoms with Crippen molar-refractivity contribution in [3.63, 3.8) is 0 Å². The second-order valence-electron chi connectivity index (χ2n) is 7.58. The predicted octanol–water partition coefficient (Wildman–Crippen LogP) is 2.59. The van der Waals surface area contributed by atoms with E-state index < -0.39 is 0 Å². The zero-order valence-electron chi connectivity index (χ0n) is 14.9. The van der Waals surface area contributed by atoms with Crippen LogP contribution in [0.15, 0.2) is 30.5 Å². The van der Waals surface area contributed by atoms with Gasteiger partial charge in [0.05, 0.1) is 11.7 Å². The molecule has 0 unspecified atom stereocenters. The maximum absolute atomic E-state index is 4.78. The average Bonchev–Trinajstić information content (AvgIpc) is 3.08. The molecule has 3 aromatic rings. The van der Waals surface area contributed by atoms with Crippen molar-refractivity contribution in [1.82, 2.24) is 25.5 Å². The number of benzene rings is 1. The van der Waals surface area contributed by atoms with E-state index in [9.17, 15) is 0 Å². The van der Waals surface area contributed by atoms with E-state index in [0.29, 0.717) is 5.41 Å². The van der Waals surface area contributed by atoms with Gasteiger partial charge in [0, 0.05) is 49.0 Å². The third-order valence-corrected chi connectivity index (χ3v) is 5.66. The Morgan fingerprint density at radius 3 is 2.73 bits per heavy atom. The molecule has 0 atom stereocenters. The number of hydrogen-bond acceptors (Lipinski definition) is 6. The largest absolute Gasteiger partial charge is 0.341 e. The Morgan fingerprint density at radius 2 is 1.96 bits per heavy atom. The number of aryl methyl sites for hydroxylation is 1. The molecule has 2 aliphatic rings. The molecular formula is C19H23N7. The van der Waals surface area contributed by atoms with E-state index >= 15 is 0 Å². The SMILES string of the molecule is Cc1cc(Nc2ccc3[nH]ncc3c2)nc(N2CCC3(CC2)CNC3)n1. The lowest BCUT2D eigenvalue weighted by Gasteiger charge is -2.48. The number of H-pyrrole nitrogens is 1. The zero-order chi connectivity index (χ0) is 17.6. The highest BCUT2D eigenvalue weighted by Crippen LogP contribution is 2.36. The quantitative estimate of drug-likeness (QED) is 0.674. The summed E-state index contributed by atoms with van der Waals surface area (Å²) in [6.45, 7) is 6.42. The Bertz CT molecular complexity index is 934. The molecule has 3 N–H and O–H groups in total. The topological polar surface area (TPSA) is 81.8 Å². The smallest absolute Gasteiger partial charge is 0.227 e. The third kappa shape index (κ3) is 2.78. The van der Waals surface area contributed by atoms with Crippen LogP contribution < -0.4 is 15.5 Å². The fraction of sp³-hybridized carbons (Fsp3) is 0.421. The number of piperidine rings is 1. The Kier molecular flexibility index (Phi) is 3.56. The van der Waals surface area contributed by atoms with Gasteiger partial charge in [-0.05, 0) is 43.4 Å². The number of fused-ring (bicyclic) bond motifs is 1. The van der Waals surface area contributed by atoms with Crippen molar-refractivity contribution in [3.8, 4) is 0 Å². The summed E-state index contributed by atoms with van der Waals surface area (Å²) in [5.74, 6) is 1.67. The molecule has 2 saturated heterocycles. The fourth-order valence-electron chi connectivity index (χ4n) is 3.94. The fourth-order valence-corrected chi connectivity index (χ4v) is 3.94. The zero-order valence-corrected chi connectivity index (χ0v) is 14.9. The standard InChI is InChI=1S/C19H23N7/c1-13-8-17(23-15-2-3-16-14(9-15)10-21-25-16)24-18(22-13)26-6-4-19(5-7-26)11-20-12-19/h2-3,8-10,20H,4-7,11-12H2,1H3,(H,21,25)(H,22,23,24). The summed E-state index contributed by atoms with van der Waals surface area (Å²) in [6.07, 6.45) is 4.27. The van der Waals surface area contributed by atoms with Gasteiger partial charge < -0.3 is 15.5 Å². The van der Waals surface area contributed by atoms with Gasteiger partial charge in [-0.1, -0.05) is 0 Å². The Balaban J connectivity index is 1.36. The summed E-state index contributed by atoms with van der Waals surface area (Å²) in [6, 6.07) is 8.12. The van der Waals surface area contributed by atoms with Gasteiger partial charge in [-0.3, -0.25) is 5.10 Å². The van der Waals surface area contributed by atoms with Gasteiger partial charge in [0.25, 0.3) is 0 Å². The number of anilines is 3. The molecule has 5 rings (SSSR count). The van der Waals surface area contributed by atoms with Crippen molar-refractivity contribution in [2.75, 3.05) is 36.4 Å². The molecule has 0 amide bonds. The van der Waals surface area contributed by atoms with E-state index in [4.69, 9.17) is 4.98 Å². The van der Waals surface area contributed by atoms with Gasteiger partial charge in [-0.2, -0.15) is 10.1 Å². The molecule has 7 heteroatoms. The molecule has 134 valence electrons. The lowest BCUT2D eigenvalue weighted by Crippen LogP contribution is -2.58. The molecule has 0 aliphatic carbocycles. The van der Waals surface area contributed by atoms with Gasteiger partial charge in [-0.25, -0.2) is 4.98 Å². The van der Waals surface area contributed by atoms with Crippen LogP contribution in [0, 0.1) is 12.3 Å². The number of aromatic amines is 1. The van der Waals surface area contributed by atoms with Gasteiger partial charge >= 0.3 is 0 Å². The first-order valence-corrected chi connectivity index (χ1v) is 9.21. The minimum Gasteiger partial charge on any atom is -0.341 e. The van der Waals surface area contributed by atoms with Crippen molar-refractivity contribution in [2.24, 2.45) is 5.41 Å². The lowest BCUT2D eigenvalue weighted by atomic mass is 9.73. The van der Waals surface area contributed by atoms with Crippen molar-refractivity contribution in [1.29, 1.82) is 0 Å². The highest BCUT2D eigenvalue weighted by Gasteiger charge is 2.40. The summed E-state index contributed by atoms with van der Waals surface area (Å²) in [5.41, 5.74) is 3.54. The van der Waals surface area contributed by atoms with E-state index in [-0.39, 0.29) is 0 Å². The molecule has 26 heavy (non-hydrogen) atoms. The van der Waals surface area contributed by atoms with Crippen molar-refractivity contribution >= 4 is 28.4 Å². The maximum Gasteiger partial charge on any atom is 0.227 e. The molecular weight excluding hydrogens is 326 g/mol. The maximum atomic E-state index is 4.78. The van der Waals surface area contributed by atoms with Gasteiger partial charge in [0.2, 0.25) is 5.95 Å². The van der Waals surface area contributed by atoms with Gasteiger partial charge in [-0.15, -0.1) is 0 Å². The van der Waals surface area contributed by atoms with Crippen LogP contribution in [0.2, 0.25) is 0 Å². The number of rotatable bonds is 3. The molecule has 1 spiro atoms. The highest BCUT2D eigenvalue weighted by atomic mass is 15.3. The minimum atomic E-state index is 0.529. The van der Waals surface area contributed by atoms with Crippen molar-refractivity contribution < 1.29 is 0 Å². The Hall–Kier alpha value is -2.67. The van der Waals surface area contributed by atoms with Crippen LogP contribution in [0.5, 0.6) is 0 Å². The second-order valence-corrected chi connectivity index (χ2v) is 7.58. The van der Waals surface area contributed by atoms with Crippen LogP contribution in [0.25, 0.3) is 10.9 Å². The number of nitrogens with one attached hydrogen (secondary N) is 3. The van der Waals surface area contributed by atoms with Crippen LogP contribution in [-0.2, 0) is 0 Å². The molecule has 7 nitrogen and oxygen atoms in total. The molecule has 2 aromatic heterocycles. The van der Waals surface area contributed by atoms with E-state index in [0.717, 1.165) is 47.1 Å². The summed E-state index contributed by atoms with van der Waals surface area (Å²) in [7, 11) is 0. The normalized spacial score (nSPS) is 18.9. The van der Waals surface area contributed by atoms with Crippen LogP contribution in [0.3, 0.4) is 0 Å². The summed E-state index contributed by atoms with van der Waals surface area (Å²) < 4.78 is 0. The van der Waals surface area contributed by atoms with Crippen LogP contribution in [0.1, 0.15) is 18.5 Å². The summed E-state index contributed by atoms with van der Waals surface area (Å²) in [5, 5.41) is 15.0. The predicted molar refractivity (Wildman–Crippen MR) is 103 cm³/mol. The van der Waals surface area contributed by atoms with Gasteiger partial charge in [0.15, 0.2) is 0 Å². The lowest BCUT2D eigenvalue weighted by molar-refractivity contribution is 0.126. The third-order valence-electron chi connectivity index (χ3n) is 5.66. The van der Waals surface area contributed by atoms with Crippen molar-refractivity contribution in [2.45, 2.75) is 19.8 Å². The van der Waals surface area contributed by atoms with Crippen molar-refractivity contribution in [3.05, 3.63) is 36.2 Å². The molecule has 1 aromatic carbocycles. The molecule has 2 fully saturated rings. The number of aromatic nitrogens is 4. The van der Waals surface area contributed by atoms with E-state index in [1.165, 1.54) is 25.9 Å². The first-order chi connectivity index (χ1) is 12.7. The minimum absolute atomic E-state index is 0.529. The average molecular weight is 349 g/mol. The summed E-state index contributed by atoms with van der Waals surface area (Å²) >= 11 is 0. The molecule has 0 radical (unpaired) electrons. The highest BCUT2D eigenvalue weighted by molar-refractivity contribution is 5.82. The van der Waals surface area contributed by atoms with E-state index in [1.54, 1.807) is 0 Å². The molecule has 0 saturated carbocycles. The number of nitrogens with zero attached hydrogens (tertiary/aromatic N) is 4. The first-order valence-electron chi connectivity index (χ1n) is 9.21. The molecule has 0 bridgehead atoms. The van der Waals surface area contributed by atoms with Crippen LogP contribution in [0.4, 0.5) is 17.5 Å². The second kappa shape index (κ2) is 5.95. The summed E-state index contributed by atoms with van der Waals surface area (Å²) in [4.78, 5) is 11.8. The van der Waals surface area contributed by atoms with E-state index in [1.807, 2.05) is 31.3 Å². The molecule has 4 heterocycles. The van der Waals surface area contributed by atoms with Crippen LogP contribution in [-0.4, -0.2) is 46.3 Å². The van der Waals surface area contributed by atoms with E-state index in [2.05, 4.69) is 36.8 Å². The molecule has 2 aliphatic heterocycles. The monoisotopic (exact) mass is 349 g/mol. The van der Waals surface area contributed by atoms with Crippen LogP contribution >= 0.6 is 0 Å².